The first-order valence-corrected chi connectivity index (χ1v) is 6.60. The number of rotatable bonds is 3. The van der Waals surface area contributed by atoms with Crippen LogP contribution in [0.2, 0.25) is 0 Å². The number of halogens is 1. The minimum absolute atomic E-state index is 0.215. The second-order valence-electron chi connectivity index (χ2n) is 4.33. The van der Waals surface area contributed by atoms with Gasteiger partial charge < -0.3 is 9.30 Å². The number of carbonyl (C=O) groups is 2. The van der Waals surface area contributed by atoms with E-state index in [0.29, 0.717) is 5.56 Å². The van der Waals surface area contributed by atoms with E-state index in [1.807, 2.05) is 36.7 Å². The second-order valence-corrected chi connectivity index (χ2v) is 5.19. The number of aryl methyl sites for hydroxylation is 1. The number of ether oxygens (including phenoxy) is 1. The fraction of sp³-hybridized carbons (Fsp3) is 0.286. The molecule has 1 aromatic carbocycles. The molecule has 0 saturated carbocycles. The lowest BCUT2D eigenvalue weighted by molar-refractivity contribution is -0.139. The van der Waals surface area contributed by atoms with Crippen LogP contribution in [0.3, 0.4) is 0 Å². The number of esters is 1. The van der Waals surface area contributed by atoms with Gasteiger partial charge >= 0.3 is 5.97 Å². The molecule has 0 atom stereocenters. The summed E-state index contributed by atoms with van der Waals surface area (Å²) in [7, 11) is 3.18. The zero-order valence-corrected chi connectivity index (χ0v) is 12.6. The van der Waals surface area contributed by atoms with Gasteiger partial charge in [0.25, 0.3) is 0 Å². The zero-order chi connectivity index (χ0) is 14.2. The third-order valence-electron chi connectivity index (χ3n) is 3.27. The molecule has 0 radical (unpaired) electrons. The van der Waals surface area contributed by atoms with Crippen LogP contribution in [0.25, 0.3) is 10.9 Å². The molecule has 0 aliphatic carbocycles. The molecule has 2 rings (SSSR count). The van der Waals surface area contributed by atoms with E-state index in [-0.39, 0.29) is 12.2 Å². The van der Waals surface area contributed by atoms with Crippen molar-refractivity contribution in [3.8, 4) is 0 Å². The first-order valence-electron chi connectivity index (χ1n) is 5.81. The Morgan fingerprint density at radius 3 is 2.68 bits per heavy atom. The first kappa shape index (κ1) is 13.8. The molecule has 0 N–H and O–H groups in total. The summed E-state index contributed by atoms with van der Waals surface area (Å²) in [5, 5.41) is 0.850. The quantitative estimate of drug-likeness (QED) is 0.495. The Balaban J connectivity index is 2.61. The van der Waals surface area contributed by atoms with Crippen LogP contribution in [-0.2, 0) is 16.6 Å². The number of aromatic nitrogens is 1. The van der Waals surface area contributed by atoms with Crippen molar-refractivity contribution in [3.05, 3.63) is 33.9 Å². The Bertz CT molecular complexity index is 673. The highest BCUT2D eigenvalue weighted by molar-refractivity contribution is 9.10. The van der Waals surface area contributed by atoms with Crippen molar-refractivity contribution in [2.75, 3.05) is 7.11 Å². The Morgan fingerprint density at radius 2 is 2.05 bits per heavy atom. The molecule has 5 heteroatoms. The van der Waals surface area contributed by atoms with Crippen molar-refractivity contribution in [2.45, 2.75) is 13.3 Å². The summed E-state index contributed by atoms with van der Waals surface area (Å²) in [5.41, 5.74) is 2.38. The topological polar surface area (TPSA) is 48.3 Å². The van der Waals surface area contributed by atoms with Gasteiger partial charge in [-0.3, -0.25) is 9.59 Å². The smallest absolute Gasteiger partial charge is 0.313 e. The molecule has 0 unspecified atom stereocenters. The van der Waals surface area contributed by atoms with Crippen LogP contribution in [0.5, 0.6) is 0 Å². The predicted octanol–water partition coefficient (Wildman–Crippen LogP) is 3.00. The maximum atomic E-state index is 12.2. The molecule has 0 bridgehead atoms. The van der Waals surface area contributed by atoms with Crippen LogP contribution in [-0.4, -0.2) is 23.4 Å². The summed E-state index contributed by atoms with van der Waals surface area (Å²) >= 11 is 3.49. The van der Waals surface area contributed by atoms with Crippen LogP contribution in [0.15, 0.2) is 22.7 Å². The van der Waals surface area contributed by atoms with E-state index >= 15 is 0 Å². The molecule has 0 saturated heterocycles. The number of carbonyl (C=O) groups excluding carboxylic acids is 2. The molecule has 4 nitrogen and oxygen atoms in total. The van der Waals surface area contributed by atoms with E-state index < -0.39 is 5.97 Å². The number of fused-ring (bicyclic) bond motifs is 1. The molecule has 1 aromatic heterocycles. The zero-order valence-electron chi connectivity index (χ0n) is 11.0. The van der Waals surface area contributed by atoms with Gasteiger partial charge in [0.05, 0.1) is 12.6 Å². The highest BCUT2D eigenvalue weighted by atomic mass is 79.9. The van der Waals surface area contributed by atoms with Crippen molar-refractivity contribution in [1.29, 1.82) is 0 Å². The van der Waals surface area contributed by atoms with Crippen LogP contribution < -0.4 is 0 Å². The van der Waals surface area contributed by atoms with E-state index in [9.17, 15) is 9.59 Å². The predicted molar refractivity (Wildman–Crippen MR) is 76.3 cm³/mol. The molecule has 0 fully saturated rings. The molecule has 19 heavy (non-hydrogen) atoms. The van der Waals surface area contributed by atoms with Crippen LogP contribution >= 0.6 is 15.9 Å². The van der Waals surface area contributed by atoms with Gasteiger partial charge in [-0.15, -0.1) is 0 Å². The standard InChI is InChI=1S/C14H14BrNO3/c1-8-13(11(17)7-12(18)19-3)9-5-4-6-10(15)14(9)16(8)2/h4-6H,7H2,1-3H3. The average Bonchev–Trinajstić information content (AvgIpc) is 2.63. The number of nitrogens with zero attached hydrogens (tertiary/aromatic N) is 1. The fourth-order valence-corrected chi connectivity index (χ4v) is 2.86. The summed E-state index contributed by atoms with van der Waals surface area (Å²) < 4.78 is 7.42. The monoisotopic (exact) mass is 323 g/mol. The lowest BCUT2D eigenvalue weighted by Gasteiger charge is -2.01. The van der Waals surface area contributed by atoms with Gasteiger partial charge in [-0.1, -0.05) is 12.1 Å². The SMILES string of the molecule is COC(=O)CC(=O)c1c(C)n(C)c2c(Br)cccc12. The molecule has 2 aromatic rings. The Morgan fingerprint density at radius 1 is 1.37 bits per heavy atom. The van der Waals surface area contributed by atoms with Gasteiger partial charge in [-0.25, -0.2) is 0 Å². The summed E-state index contributed by atoms with van der Waals surface area (Å²) in [6.45, 7) is 1.87. The summed E-state index contributed by atoms with van der Waals surface area (Å²) in [5.74, 6) is -0.732. The Hall–Kier alpha value is -1.62. The number of hydrogen-bond acceptors (Lipinski definition) is 3. The third kappa shape index (κ3) is 2.30. The highest BCUT2D eigenvalue weighted by Crippen LogP contribution is 2.31. The molecule has 1 heterocycles. The lowest BCUT2D eigenvalue weighted by atomic mass is 10.0. The lowest BCUT2D eigenvalue weighted by Crippen LogP contribution is -2.10. The fourth-order valence-electron chi connectivity index (χ4n) is 2.23. The van der Waals surface area contributed by atoms with E-state index in [4.69, 9.17) is 0 Å². The largest absolute Gasteiger partial charge is 0.469 e. The van der Waals surface area contributed by atoms with Crippen molar-refractivity contribution >= 4 is 38.6 Å². The summed E-state index contributed by atoms with van der Waals surface area (Å²) in [4.78, 5) is 23.5. The minimum atomic E-state index is -0.517. The Labute approximate surface area is 119 Å². The van der Waals surface area contributed by atoms with E-state index in [2.05, 4.69) is 20.7 Å². The summed E-state index contributed by atoms with van der Waals surface area (Å²) in [6.07, 6.45) is -0.233. The van der Waals surface area contributed by atoms with Gasteiger partial charge in [-0.05, 0) is 28.9 Å². The van der Waals surface area contributed by atoms with Crippen molar-refractivity contribution in [3.63, 3.8) is 0 Å². The van der Waals surface area contributed by atoms with Crippen molar-refractivity contribution < 1.29 is 14.3 Å². The molecule has 0 aliphatic heterocycles. The molecule has 0 spiro atoms. The van der Waals surface area contributed by atoms with E-state index in [1.165, 1.54) is 7.11 Å². The van der Waals surface area contributed by atoms with Gasteiger partial charge in [-0.2, -0.15) is 0 Å². The number of benzene rings is 1. The van der Waals surface area contributed by atoms with Gasteiger partial charge in [0.2, 0.25) is 0 Å². The van der Waals surface area contributed by atoms with Crippen LogP contribution in [0.1, 0.15) is 22.5 Å². The maximum absolute atomic E-state index is 12.2. The number of hydrogen-bond donors (Lipinski definition) is 0. The molecular weight excluding hydrogens is 310 g/mol. The Kier molecular flexibility index (Phi) is 3.75. The van der Waals surface area contributed by atoms with Gasteiger partial charge in [0, 0.05) is 28.2 Å². The van der Waals surface area contributed by atoms with Crippen LogP contribution in [0.4, 0.5) is 0 Å². The minimum Gasteiger partial charge on any atom is -0.469 e. The third-order valence-corrected chi connectivity index (χ3v) is 3.91. The van der Waals surface area contributed by atoms with Crippen molar-refractivity contribution in [2.24, 2.45) is 7.05 Å². The van der Waals surface area contributed by atoms with Crippen LogP contribution in [0, 0.1) is 6.92 Å². The van der Waals surface area contributed by atoms with Crippen molar-refractivity contribution in [1.82, 2.24) is 4.57 Å². The first-order chi connectivity index (χ1) is 8.97. The molecular formula is C14H14BrNO3. The molecule has 0 aliphatic rings. The number of para-hydroxylation sites is 1. The number of Topliss-reactive ketones (excluding diaryl/α,β-unsaturated/α-hetero) is 1. The molecule has 0 amide bonds. The van der Waals surface area contributed by atoms with E-state index in [1.54, 1.807) is 0 Å². The number of methoxy groups -OCH3 is 1. The molecule has 100 valence electrons. The average molecular weight is 324 g/mol. The van der Waals surface area contributed by atoms with Gasteiger partial charge in [0.15, 0.2) is 5.78 Å². The normalized spacial score (nSPS) is 10.7. The van der Waals surface area contributed by atoms with E-state index in [0.717, 1.165) is 21.1 Å². The maximum Gasteiger partial charge on any atom is 0.313 e. The highest BCUT2D eigenvalue weighted by Gasteiger charge is 2.21. The van der Waals surface area contributed by atoms with Gasteiger partial charge in [0.1, 0.15) is 6.42 Å². The second kappa shape index (κ2) is 5.17. The summed E-state index contributed by atoms with van der Waals surface area (Å²) in [6, 6.07) is 5.69. The number of ketones is 1.